The monoisotopic (exact) mass is 395 g/mol. The van der Waals surface area contributed by atoms with Crippen LogP contribution in [0, 0.1) is 5.41 Å². The predicted octanol–water partition coefficient (Wildman–Crippen LogP) is 3.88. The second-order valence-electron chi connectivity index (χ2n) is 8.06. The van der Waals surface area contributed by atoms with E-state index in [1.165, 1.54) is 5.56 Å². The summed E-state index contributed by atoms with van der Waals surface area (Å²) < 4.78 is 0. The van der Waals surface area contributed by atoms with E-state index in [1.54, 1.807) is 6.92 Å². The van der Waals surface area contributed by atoms with Crippen molar-refractivity contribution in [2.24, 2.45) is 0 Å². The third-order valence-corrected chi connectivity index (χ3v) is 5.74. The Hall–Kier alpha value is -2.47. The molecule has 1 aliphatic rings. The topological polar surface area (TPSA) is 81.1 Å². The number of nitrogens with zero attached hydrogens (tertiary/aromatic N) is 2. The number of carbonyl (C=O) groups excluding carboxylic acids is 1. The fraction of sp³-hybridized carbons (Fsp3) is 0.522. The van der Waals surface area contributed by atoms with Gasteiger partial charge in [0.05, 0.1) is 16.9 Å². The van der Waals surface area contributed by atoms with Crippen molar-refractivity contribution in [3.05, 3.63) is 35.4 Å². The molecule has 3 rings (SSSR count). The van der Waals surface area contributed by atoms with Gasteiger partial charge in [0.1, 0.15) is 5.82 Å². The number of aryl methyl sites for hydroxylation is 1. The van der Waals surface area contributed by atoms with Gasteiger partial charge in [0.25, 0.3) is 5.91 Å². The predicted molar refractivity (Wildman–Crippen MR) is 120 cm³/mol. The van der Waals surface area contributed by atoms with Crippen LogP contribution in [-0.4, -0.2) is 41.9 Å². The SMILES string of the molecule is CCc1ccc2nc(N3CCC(N[C@H](C)CC)CC3)c(C(=O)NC(C)=N)cc2c1. The molecule has 2 aromatic rings. The number of fused-ring (bicyclic) bond motifs is 1. The summed E-state index contributed by atoms with van der Waals surface area (Å²) in [6.07, 6.45) is 4.13. The van der Waals surface area contributed by atoms with Crippen LogP contribution < -0.4 is 15.5 Å². The Bertz CT molecular complexity index is 886. The first-order chi connectivity index (χ1) is 13.9. The molecule has 0 unspecified atom stereocenters. The molecule has 0 radical (unpaired) electrons. The van der Waals surface area contributed by atoms with Gasteiger partial charge in [0.15, 0.2) is 0 Å². The Morgan fingerprint density at radius 1 is 1.28 bits per heavy atom. The maximum absolute atomic E-state index is 12.8. The molecule has 1 fully saturated rings. The zero-order chi connectivity index (χ0) is 21.0. The largest absolute Gasteiger partial charge is 0.356 e. The summed E-state index contributed by atoms with van der Waals surface area (Å²) >= 11 is 0. The van der Waals surface area contributed by atoms with E-state index in [0.29, 0.717) is 17.6 Å². The number of benzene rings is 1. The van der Waals surface area contributed by atoms with Crippen LogP contribution in [0.15, 0.2) is 24.3 Å². The number of carbonyl (C=O) groups is 1. The molecule has 0 aliphatic carbocycles. The Kier molecular flexibility index (Phi) is 6.85. The minimum atomic E-state index is -0.261. The van der Waals surface area contributed by atoms with Gasteiger partial charge in [-0.15, -0.1) is 0 Å². The van der Waals surface area contributed by atoms with Gasteiger partial charge in [0.2, 0.25) is 0 Å². The van der Waals surface area contributed by atoms with Crippen LogP contribution >= 0.6 is 0 Å². The molecule has 2 heterocycles. The molecule has 1 atom stereocenters. The third kappa shape index (κ3) is 5.12. The van der Waals surface area contributed by atoms with E-state index in [9.17, 15) is 4.79 Å². The van der Waals surface area contributed by atoms with E-state index < -0.39 is 0 Å². The summed E-state index contributed by atoms with van der Waals surface area (Å²) in [5, 5.41) is 14.9. The summed E-state index contributed by atoms with van der Waals surface area (Å²) in [6, 6.07) is 9.20. The highest BCUT2D eigenvalue weighted by molar-refractivity contribution is 6.09. The fourth-order valence-electron chi connectivity index (χ4n) is 3.86. The molecule has 1 amide bonds. The number of amides is 1. The van der Waals surface area contributed by atoms with Crippen LogP contribution in [-0.2, 0) is 6.42 Å². The van der Waals surface area contributed by atoms with Crippen LogP contribution in [0.1, 0.15) is 62.9 Å². The van der Waals surface area contributed by atoms with E-state index in [-0.39, 0.29) is 11.7 Å². The number of piperidine rings is 1. The van der Waals surface area contributed by atoms with E-state index in [2.05, 4.69) is 48.4 Å². The molecular formula is C23H33N5O. The second kappa shape index (κ2) is 9.35. The molecule has 1 aromatic carbocycles. The number of pyridine rings is 1. The Labute approximate surface area is 173 Å². The van der Waals surface area contributed by atoms with E-state index >= 15 is 0 Å². The van der Waals surface area contributed by atoms with Crippen molar-refractivity contribution in [1.29, 1.82) is 5.41 Å². The third-order valence-electron chi connectivity index (χ3n) is 5.74. The molecule has 6 nitrogen and oxygen atoms in total. The maximum Gasteiger partial charge on any atom is 0.260 e. The quantitative estimate of drug-likeness (QED) is 0.512. The van der Waals surface area contributed by atoms with Crippen molar-refractivity contribution in [2.45, 2.75) is 65.5 Å². The molecule has 1 saturated heterocycles. The lowest BCUT2D eigenvalue weighted by Crippen LogP contribution is -2.46. The van der Waals surface area contributed by atoms with Gasteiger partial charge in [0, 0.05) is 30.6 Å². The minimum Gasteiger partial charge on any atom is -0.356 e. The van der Waals surface area contributed by atoms with Crippen LogP contribution in [0.5, 0.6) is 0 Å². The van der Waals surface area contributed by atoms with Gasteiger partial charge in [-0.1, -0.05) is 19.9 Å². The number of hydrogen-bond acceptors (Lipinski definition) is 5. The van der Waals surface area contributed by atoms with Crippen molar-refractivity contribution < 1.29 is 4.79 Å². The average Bonchev–Trinajstić information content (AvgIpc) is 2.72. The fourth-order valence-corrected chi connectivity index (χ4v) is 3.86. The lowest BCUT2D eigenvalue weighted by Gasteiger charge is -2.35. The molecule has 0 saturated carbocycles. The summed E-state index contributed by atoms with van der Waals surface area (Å²) in [5.41, 5.74) is 2.67. The summed E-state index contributed by atoms with van der Waals surface area (Å²) in [5.74, 6) is 0.603. The Morgan fingerprint density at radius 3 is 2.62 bits per heavy atom. The average molecular weight is 396 g/mol. The highest BCUT2D eigenvalue weighted by atomic mass is 16.1. The number of nitrogens with one attached hydrogen (secondary N) is 3. The second-order valence-corrected chi connectivity index (χ2v) is 8.06. The number of rotatable bonds is 6. The smallest absolute Gasteiger partial charge is 0.260 e. The maximum atomic E-state index is 12.8. The molecule has 3 N–H and O–H groups in total. The van der Waals surface area contributed by atoms with E-state index in [4.69, 9.17) is 10.4 Å². The summed E-state index contributed by atoms with van der Waals surface area (Å²) in [4.78, 5) is 19.9. The van der Waals surface area contributed by atoms with Crippen LogP contribution in [0.2, 0.25) is 0 Å². The zero-order valence-corrected chi connectivity index (χ0v) is 18.0. The first kappa shape index (κ1) is 21.2. The number of hydrogen-bond donors (Lipinski definition) is 3. The standard InChI is InChI=1S/C23H33N5O/c1-5-15(3)25-19-9-11-28(12-10-19)22-20(23(29)26-16(4)24)14-18-13-17(6-2)7-8-21(18)27-22/h7-8,13-15,19,25H,5-6,9-12H2,1-4H3,(H2,24,26,29)/t15-/m1/s1. The molecule has 29 heavy (non-hydrogen) atoms. The summed E-state index contributed by atoms with van der Waals surface area (Å²) in [7, 11) is 0. The normalized spacial score (nSPS) is 16.1. The molecule has 6 heteroatoms. The molecule has 0 spiro atoms. The van der Waals surface area contributed by atoms with Crippen LogP contribution in [0.25, 0.3) is 10.9 Å². The Morgan fingerprint density at radius 2 is 2.00 bits per heavy atom. The number of aromatic nitrogens is 1. The van der Waals surface area contributed by atoms with Crippen molar-refractivity contribution in [3.8, 4) is 0 Å². The Balaban J connectivity index is 1.91. The van der Waals surface area contributed by atoms with E-state index in [1.807, 2.05) is 12.1 Å². The van der Waals surface area contributed by atoms with Crippen molar-refractivity contribution >= 4 is 28.5 Å². The van der Waals surface area contributed by atoms with Crippen molar-refractivity contribution in [3.63, 3.8) is 0 Å². The lowest BCUT2D eigenvalue weighted by molar-refractivity contribution is 0.0977. The van der Waals surface area contributed by atoms with Gasteiger partial charge >= 0.3 is 0 Å². The first-order valence-electron chi connectivity index (χ1n) is 10.7. The van der Waals surface area contributed by atoms with Gasteiger partial charge in [-0.25, -0.2) is 4.98 Å². The van der Waals surface area contributed by atoms with Crippen LogP contribution in [0.4, 0.5) is 5.82 Å². The minimum absolute atomic E-state index is 0.139. The molecule has 156 valence electrons. The highest BCUT2D eigenvalue weighted by Gasteiger charge is 2.25. The van der Waals surface area contributed by atoms with Crippen LogP contribution in [0.3, 0.4) is 0 Å². The zero-order valence-electron chi connectivity index (χ0n) is 18.0. The van der Waals surface area contributed by atoms with Gasteiger partial charge < -0.3 is 15.5 Å². The highest BCUT2D eigenvalue weighted by Crippen LogP contribution is 2.27. The van der Waals surface area contributed by atoms with Crippen molar-refractivity contribution in [1.82, 2.24) is 15.6 Å². The van der Waals surface area contributed by atoms with Gasteiger partial charge in [-0.2, -0.15) is 0 Å². The molecule has 0 bridgehead atoms. The molecular weight excluding hydrogens is 362 g/mol. The lowest BCUT2D eigenvalue weighted by atomic mass is 10.0. The number of anilines is 1. The first-order valence-corrected chi connectivity index (χ1v) is 10.7. The number of amidine groups is 1. The van der Waals surface area contributed by atoms with E-state index in [0.717, 1.165) is 55.5 Å². The summed E-state index contributed by atoms with van der Waals surface area (Å²) in [6.45, 7) is 9.85. The van der Waals surface area contributed by atoms with Gasteiger partial charge in [-0.3, -0.25) is 10.2 Å². The molecule has 1 aliphatic heterocycles. The van der Waals surface area contributed by atoms with Gasteiger partial charge in [-0.05, 0) is 63.3 Å². The molecule has 1 aromatic heterocycles. The van der Waals surface area contributed by atoms with Crippen molar-refractivity contribution in [2.75, 3.05) is 18.0 Å².